The first-order valence-electron chi connectivity index (χ1n) is 10.2. The van der Waals surface area contributed by atoms with E-state index in [1.165, 1.54) is 35.2 Å². The molecule has 13 nitrogen and oxygen atoms in total. The fourth-order valence-corrected chi connectivity index (χ4v) is 5.16. The van der Waals surface area contributed by atoms with Crippen LogP contribution in [0.15, 0.2) is 62.5 Å². The number of phenolic OH excluding ortho intramolecular Hbond substituents is 1. The number of rotatable bonds is 6. The SMILES string of the molecule is Cc1ccc(N=Nc2c(S(=O)(=O)O)cc3cc(N(C)c4nc(Cl)nc(Cl)n4)ccc3c2O)c(S(=O)(=O)O)c1. The number of hydrogen-bond donors (Lipinski definition) is 3. The number of benzene rings is 3. The molecule has 3 N–H and O–H groups in total. The van der Waals surface area contributed by atoms with Gasteiger partial charge in [-0.25, -0.2) is 0 Å². The average Bonchev–Trinajstić information content (AvgIpc) is 2.81. The fraction of sp³-hybridized carbons (Fsp3) is 0.0952. The molecule has 0 radical (unpaired) electrons. The van der Waals surface area contributed by atoms with Crippen LogP contribution in [0.5, 0.6) is 5.75 Å². The highest BCUT2D eigenvalue weighted by Crippen LogP contribution is 2.43. The minimum absolute atomic E-state index is 0.0757. The van der Waals surface area contributed by atoms with E-state index in [2.05, 4.69) is 25.2 Å². The number of aryl methyl sites for hydroxylation is 1. The highest BCUT2D eigenvalue weighted by molar-refractivity contribution is 7.86. The van der Waals surface area contributed by atoms with Crippen LogP contribution in [-0.2, 0) is 20.2 Å². The van der Waals surface area contributed by atoms with Gasteiger partial charge in [-0.15, -0.1) is 10.2 Å². The van der Waals surface area contributed by atoms with Gasteiger partial charge >= 0.3 is 0 Å². The number of phenols is 1. The van der Waals surface area contributed by atoms with Crippen LogP contribution in [0.1, 0.15) is 5.56 Å². The molecular weight excluding hydrogens is 583 g/mol. The van der Waals surface area contributed by atoms with Gasteiger partial charge in [0.05, 0.1) is 0 Å². The molecule has 0 fully saturated rings. The average molecular weight is 599 g/mol. The van der Waals surface area contributed by atoms with E-state index in [-0.39, 0.29) is 33.0 Å². The normalized spacial score (nSPS) is 12.4. The molecule has 0 saturated carbocycles. The molecule has 198 valence electrons. The van der Waals surface area contributed by atoms with Crippen molar-refractivity contribution in [2.24, 2.45) is 10.2 Å². The van der Waals surface area contributed by atoms with Crippen LogP contribution in [0.4, 0.5) is 23.0 Å². The maximum atomic E-state index is 12.2. The van der Waals surface area contributed by atoms with E-state index in [0.29, 0.717) is 11.3 Å². The van der Waals surface area contributed by atoms with Crippen LogP contribution in [0.3, 0.4) is 0 Å². The molecule has 38 heavy (non-hydrogen) atoms. The third kappa shape index (κ3) is 5.67. The Morgan fingerprint density at radius 1 is 0.842 bits per heavy atom. The predicted molar refractivity (Wildman–Crippen MR) is 139 cm³/mol. The number of aromatic hydroxyl groups is 1. The third-order valence-electron chi connectivity index (χ3n) is 5.22. The van der Waals surface area contributed by atoms with Gasteiger partial charge in [-0.2, -0.15) is 31.8 Å². The number of anilines is 2. The molecule has 1 heterocycles. The fourth-order valence-electron chi connectivity index (χ4n) is 3.44. The van der Waals surface area contributed by atoms with Gasteiger partial charge in [0.15, 0.2) is 5.75 Å². The number of hydrogen-bond acceptors (Lipinski definition) is 11. The summed E-state index contributed by atoms with van der Waals surface area (Å²) in [5.74, 6) is -0.591. The van der Waals surface area contributed by atoms with Gasteiger partial charge < -0.3 is 10.0 Å². The second kappa shape index (κ2) is 10.0. The Bertz CT molecular complexity index is 1830. The Kier molecular flexibility index (Phi) is 7.26. The van der Waals surface area contributed by atoms with E-state index >= 15 is 0 Å². The standard InChI is InChI=1S/C21H16Cl2N6O7S2/c1-10-3-6-14(15(7-10)37(31,32)33)27-28-17-16(38(34,35)36)9-11-8-12(4-5-13(11)18(17)30)29(2)21-25-19(22)24-20(23)26-21/h3-9,30H,1-2H3,(H,31,32,33)(H,34,35,36). The lowest BCUT2D eigenvalue weighted by Crippen LogP contribution is -2.13. The number of azo groups is 1. The van der Waals surface area contributed by atoms with Crippen molar-refractivity contribution in [2.75, 3.05) is 11.9 Å². The molecule has 17 heteroatoms. The summed E-state index contributed by atoms with van der Waals surface area (Å²) >= 11 is 11.7. The number of fused-ring (bicyclic) bond motifs is 1. The van der Waals surface area contributed by atoms with E-state index in [9.17, 15) is 31.0 Å². The molecule has 0 atom stereocenters. The van der Waals surface area contributed by atoms with Gasteiger partial charge in [-0.1, -0.05) is 6.07 Å². The molecule has 3 aromatic carbocycles. The van der Waals surface area contributed by atoms with Crippen molar-refractivity contribution in [1.82, 2.24) is 15.0 Å². The zero-order chi connectivity index (χ0) is 28.0. The first-order valence-corrected chi connectivity index (χ1v) is 13.9. The minimum atomic E-state index is -4.96. The molecule has 0 unspecified atom stereocenters. The molecular formula is C21H16Cl2N6O7S2. The zero-order valence-electron chi connectivity index (χ0n) is 19.3. The van der Waals surface area contributed by atoms with Gasteiger partial charge in [0.25, 0.3) is 20.2 Å². The molecule has 4 rings (SSSR count). The molecule has 0 aliphatic heterocycles. The van der Waals surface area contributed by atoms with Crippen molar-refractivity contribution >= 4 is 77.2 Å². The Morgan fingerprint density at radius 2 is 1.47 bits per heavy atom. The monoisotopic (exact) mass is 598 g/mol. The highest BCUT2D eigenvalue weighted by Gasteiger charge is 2.23. The third-order valence-corrected chi connectivity index (χ3v) is 7.31. The van der Waals surface area contributed by atoms with Crippen LogP contribution in [0.25, 0.3) is 10.8 Å². The van der Waals surface area contributed by atoms with E-state index in [1.807, 2.05) is 0 Å². The summed E-state index contributed by atoms with van der Waals surface area (Å²) in [5, 5.41) is 18.3. The summed E-state index contributed by atoms with van der Waals surface area (Å²) in [7, 11) is -8.09. The number of aromatic nitrogens is 3. The van der Waals surface area contributed by atoms with Crippen molar-refractivity contribution in [3.05, 3.63) is 58.6 Å². The maximum Gasteiger partial charge on any atom is 0.296 e. The lowest BCUT2D eigenvalue weighted by Gasteiger charge is -2.18. The van der Waals surface area contributed by atoms with E-state index < -0.39 is 41.5 Å². The summed E-state index contributed by atoms with van der Waals surface area (Å²) in [5.41, 5.74) is -0.0703. The van der Waals surface area contributed by atoms with Gasteiger partial charge in [0, 0.05) is 18.1 Å². The summed E-state index contributed by atoms with van der Waals surface area (Å²) < 4.78 is 67.2. The lowest BCUT2D eigenvalue weighted by atomic mass is 10.1. The molecule has 4 aromatic rings. The quantitative estimate of drug-likeness (QED) is 0.199. The van der Waals surface area contributed by atoms with Crippen LogP contribution in [0.2, 0.25) is 10.6 Å². The summed E-state index contributed by atoms with van der Waals surface area (Å²) in [4.78, 5) is 11.7. The summed E-state index contributed by atoms with van der Waals surface area (Å²) in [6.45, 7) is 1.58. The highest BCUT2D eigenvalue weighted by atomic mass is 35.5. The molecule has 0 saturated heterocycles. The smallest absolute Gasteiger partial charge is 0.296 e. The van der Waals surface area contributed by atoms with Crippen molar-refractivity contribution in [2.45, 2.75) is 16.7 Å². The zero-order valence-corrected chi connectivity index (χ0v) is 22.4. The van der Waals surface area contributed by atoms with Gasteiger partial charge in [-0.05, 0) is 77.5 Å². The number of halogens is 2. The first kappa shape index (κ1) is 27.6. The Labute approximate surface area is 225 Å². The topological polar surface area (TPSA) is 196 Å². The van der Waals surface area contributed by atoms with Crippen molar-refractivity contribution in [1.29, 1.82) is 0 Å². The van der Waals surface area contributed by atoms with Crippen LogP contribution in [-0.4, -0.2) is 53.0 Å². The Morgan fingerprint density at radius 3 is 2.08 bits per heavy atom. The summed E-state index contributed by atoms with van der Waals surface area (Å²) in [6, 6.07) is 9.33. The molecule has 1 aromatic heterocycles. The van der Waals surface area contributed by atoms with Crippen molar-refractivity contribution in [3.8, 4) is 5.75 Å². The van der Waals surface area contributed by atoms with E-state index in [0.717, 1.165) is 12.1 Å². The second-order valence-electron chi connectivity index (χ2n) is 7.83. The van der Waals surface area contributed by atoms with E-state index in [1.54, 1.807) is 14.0 Å². The Hall–Kier alpha value is -3.47. The largest absolute Gasteiger partial charge is 0.505 e. The van der Waals surface area contributed by atoms with Gasteiger partial charge in [0.1, 0.15) is 21.2 Å². The molecule has 0 aliphatic rings. The second-order valence-corrected chi connectivity index (χ2v) is 11.3. The first-order chi connectivity index (χ1) is 17.6. The van der Waals surface area contributed by atoms with Crippen molar-refractivity contribution < 1.29 is 31.0 Å². The van der Waals surface area contributed by atoms with Crippen LogP contribution in [0, 0.1) is 6.92 Å². The maximum absolute atomic E-state index is 12.2. The molecule has 0 bridgehead atoms. The number of nitrogens with zero attached hydrogens (tertiary/aromatic N) is 6. The summed E-state index contributed by atoms with van der Waals surface area (Å²) in [6.07, 6.45) is 0. The molecule has 0 spiro atoms. The lowest BCUT2D eigenvalue weighted by molar-refractivity contribution is 0.472. The minimum Gasteiger partial charge on any atom is -0.505 e. The Balaban J connectivity index is 1.88. The van der Waals surface area contributed by atoms with Crippen LogP contribution < -0.4 is 4.90 Å². The van der Waals surface area contributed by atoms with Crippen molar-refractivity contribution in [3.63, 3.8) is 0 Å². The van der Waals surface area contributed by atoms with Gasteiger partial charge in [0.2, 0.25) is 16.5 Å². The van der Waals surface area contributed by atoms with Crippen LogP contribution >= 0.6 is 23.2 Å². The van der Waals surface area contributed by atoms with Gasteiger partial charge in [-0.3, -0.25) is 9.11 Å². The molecule has 0 aliphatic carbocycles. The predicted octanol–water partition coefficient (Wildman–Crippen LogP) is 5.02. The molecule has 0 amide bonds. The van der Waals surface area contributed by atoms with E-state index in [4.69, 9.17) is 23.2 Å².